The van der Waals surface area contributed by atoms with Crippen LogP contribution in [-0.4, -0.2) is 9.78 Å². The summed E-state index contributed by atoms with van der Waals surface area (Å²) >= 11 is 0. The third-order valence-electron chi connectivity index (χ3n) is 2.27. The van der Waals surface area contributed by atoms with Crippen LogP contribution in [0, 0.1) is 11.6 Å². The maximum Gasteiger partial charge on any atom is 0.435 e. The minimum Gasteiger partial charge on any atom is -0.268 e. The van der Waals surface area contributed by atoms with Crippen molar-refractivity contribution in [3.8, 4) is 0 Å². The first-order valence-corrected chi connectivity index (χ1v) is 4.91. The molecule has 0 saturated heterocycles. The molecule has 0 aliphatic carbocycles. The van der Waals surface area contributed by atoms with Gasteiger partial charge in [0.05, 0.1) is 6.54 Å². The van der Waals surface area contributed by atoms with Crippen LogP contribution in [0.25, 0.3) is 0 Å². The molecule has 0 N–H and O–H groups in total. The van der Waals surface area contributed by atoms with E-state index < -0.39 is 23.5 Å². The molecule has 96 valence electrons. The molecule has 0 saturated carbocycles. The summed E-state index contributed by atoms with van der Waals surface area (Å²) < 4.78 is 63.9. The van der Waals surface area contributed by atoms with Crippen molar-refractivity contribution in [2.24, 2.45) is 0 Å². The Kier molecular flexibility index (Phi) is 3.06. The van der Waals surface area contributed by atoms with Crippen molar-refractivity contribution in [3.05, 3.63) is 53.4 Å². The number of halogens is 5. The number of benzene rings is 1. The van der Waals surface area contributed by atoms with Crippen LogP contribution in [0.2, 0.25) is 0 Å². The molecule has 2 nitrogen and oxygen atoms in total. The fraction of sp³-hybridized carbons (Fsp3) is 0.182. The Morgan fingerprint density at radius 2 is 1.83 bits per heavy atom. The molecule has 0 aliphatic rings. The molecule has 0 amide bonds. The van der Waals surface area contributed by atoms with E-state index in [2.05, 4.69) is 5.10 Å². The highest BCUT2D eigenvalue weighted by Gasteiger charge is 2.33. The highest BCUT2D eigenvalue weighted by atomic mass is 19.4. The van der Waals surface area contributed by atoms with E-state index in [0.29, 0.717) is 0 Å². The molecule has 0 bridgehead atoms. The molecule has 2 rings (SSSR count). The Bertz CT molecular complexity index is 559. The Morgan fingerprint density at radius 3 is 2.44 bits per heavy atom. The summed E-state index contributed by atoms with van der Waals surface area (Å²) in [6.45, 7) is -0.264. The van der Waals surface area contributed by atoms with Gasteiger partial charge in [-0.05, 0) is 24.3 Å². The fourth-order valence-electron chi connectivity index (χ4n) is 1.44. The Labute approximate surface area is 98.7 Å². The molecule has 0 aliphatic heterocycles. The third-order valence-corrected chi connectivity index (χ3v) is 2.27. The Balaban J connectivity index is 2.24. The summed E-state index contributed by atoms with van der Waals surface area (Å²) in [5.74, 6) is -1.35. The van der Waals surface area contributed by atoms with Crippen LogP contribution in [-0.2, 0) is 12.7 Å². The lowest BCUT2D eigenvalue weighted by molar-refractivity contribution is -0.141. The SMILES string of the molecule is Fc1ccc(F)c(Cn2ccc(C(F)(F)F)n2)c1. The molecule has 2 aromatic rings. The predicted octanol–water partition coefficient (Wildman–Crippen LogP) is 3.23. The molecule has 1 aromatic carbocycles. The molecule has 0 spiro atoms. The van der Waals surface area contributed by atoms with Gasteiger partial charge in [0.2, 0.25) is 0 Å². The zero-order valence-corrected chi connectivity index (χ0v) is 8.88. The lowest BCUT2D eigenvalue weighted by Gasteiger charge is -2.04. The highest BCUT2D eigenvalue weighted by Crippen LogP contribution is 2.27. The van der Waals surface area contributed by atoms with Crippen LogP contribution in [0.4, 0.5) is 22.0 Å². The van der Waals surface area contributed by atoms with Crippen LogP contribution in [0.1, 0.15) is 11.3 Å². The number of hydrogen-bond donors (Lipinski definition) is 0. The van der Waals surface area contributed by atoms with E-state index in [0.717, 1.165) is 35.1 Å². The van der Waals surface area contributed by atoms with Crippen LogP contribution in [0.3, 0.4) is 0 Å². The minimum absolute atomic E-state index is 0.0631. The molecule has 1 heterocycles. The molecule has 0 unspecified atom stereocenters. The van der Waals surface area contributed by atoms with Crippen LogP contribution in [0.5, 0.6) is 0 Å². The second kappa shape index (κ2) is 4.40. The van der Waals surface area contributed by atoms with Crippen molar-refractivity contribution in [2.45, 2.75) is 12.7 Å². The first-order chi connectivity index (χ1) is 8.36. The maximum atomic E-state index is 13.3. The van der Waals surface area contributed by atoms with Crippen molar-refractivity contribution in [1.29, 1.82) is 0 Å². The van der Waals surface area contributed by atoms with Crippen molar-refractivity contribution in [3.63, 3.8) is 0 Å². The van der Waals surface area contributed by atoms with Crippen LogP contribution in [0.15, 0.2) is 30.5 Å². The number of nitrogens with zero attached hydrogens (tertiary/aromatic N) is 2. The van der Waals surface area contributed by atoms with Crippen molar-refractivity contribution >= 4 is 0 Å². The monoisotopic (exact) mass is 262 g/mol. The molecular formula is C11H7F5N2. The summed E-state index contributed by atoms with van der Waals surface area (Å²) in [6, 6.07) is 3.55. The molecule has 0 atom stereocenters. The summed E-state index contributed by atoms with van der Waals surface area (Å²) in [6.07, 6.45) is -3.49. The maximum absolute atomic E-state index is 13.3. The smallest absolute Gasteiger partial charge is 0.268 e. The normalized spacial score (nSPS) is 11.8. The average Bonchev–Trinajstić information content (AvgIpc) is 2.71. The van der Waals surface area contributed by atoms with Crippen LogP contribution >= 0.6 is 0 Å². The van der Waals surface area contributed by atoms with Gasteiger partial charge in [0, 0.05) is 11.8 Å². The van der Waals surface area contributed by atoms with Gasteiger partial charge in [-0.3, -0.25) is 4.68 Å². The average molecular weight is 262 g/mol. The van der Waals surface area contributed by atoms with Gasteiger partial charge in [0.25, 0.3) is 0 Å². The second-order valence-corrected chi connectivity index (χ2v) is 3.63. The summed E-state index contributed by atoms with van der Waals surface area (Å²) in [4.78, 5) is 0. The number of aromatic nitrogens is 2. The largest absolute Gasteiger partial charge is 0.435 e. The van der Waals surface area contributed by atoms with Gasteiger partial charge < -0.3 is 0 Å². The first kappa shape index (κ1) is 12.5. The number of hydrogen-bond acceptors (Lipinski definition) is 1. The topological polar surface area (TPSA) is 17.8 Å². The zero-order chi connectivity index (χ0) is 13.3. The summed E-state index contributed by atoms with van der Waals surface area (Å²) in [5, 5.41) is 3.25. The van der Waals surface area contributed by atoms with E-state index in [1.165, 1.54) is 0 Å². The molecule has 0 fully saturated rings. The molecule has 7 heteroatoms. The Hall–Kier alpha value is -1.92. The molecule has 1 aromatic heterocycles. The van der Waals surface area contributed by atoms with Gasteiger partial charge in [-0.15, -0.1) is 0 Å². The summed E-state index contributed by atoms with van der Waals surface area (Å²) in [5.41, 5.74) is -1.13. The van der Waals surface area contributed by atoms with Crippen molar-refractivity contribution in [2.75, 3.05) is 0 Å². The first-order valence-electron chi connectivity index (χ1n) is 4.91. The third kappa shape index (κ3) is 2.66. The van der Waals surface area contributed by atoms with Crippen molar-refractivity contribution < 1.29 is 22.0 Å². The van der Waals surface area contributed by atoms with Gasteiger partial charge in [-0.25, -0.2) is 8.78 Å². The van der Waals surface area contributed by atoms with E-state index in [1.54, 1.807) is 0 Å². The minimum atomic E-state index is -4.55. The standard InChI is InChI=1S/C11H7F5N2/c12-8-1-2-9(13)7(5-8)6-18-4-3-10(17-18)11(14,15)16/h1-5H,6H2. The lowest BCUT2D eigenvalue weighted by Crippen LogP contribution is -2.09. The van der Waals surface area contributed by atoms with Gasteiger partial charge in [-0.1, -0.05) is 0 Å². The van der Waals surface area contributed by atoms with E-state index in [1.807, 2.05) is 0 Å². The molecule has 0 radical (unpaired) electrons. The van der Waals surface area contributed by atoms with Gasteiger partial charge in [0.1, 0.15) is 11.6 Å². The molecule has 18 heavy (non-hydrogen) atoms. The fourth-order valence-corrected chi connectivity index (χ4v) is 1.44. The second-order valence-electron chi connectivity index (χ2n) is 3.63. The van der Waals surface area contributed by atoms with Gasteiger partial charge in [-0.2, -0.15) is 18.3 Å². The number of alkyl halides is 3. The Morgan fingerprint density at radius 1 is 1.11 bits per heavy atom. The van der Waals surface area contributed by atoms with E-state index in [4.69, 9.17) is 0 Å². The molecular weight excluding hydrogens is 255 g/mol. The van der Waals surface area contributed by atoms with Crippen LogP contribution < -0.4 is 0 Å². The van der Waals surface area contributed by atoms with Gasteiger partial charge >= 0.3 is 6.18 Å². The number of rotatable bonds is 2. The van der Waals surface area contributed by atoms with Gasteiger partial charge in [0.15, 0.2) is 5.69 Å². The lowest BCUT2D eigenvalue weighted by atomic mass is 10.2. The summed E-state index contributed by atoms with van der Waals surface area (Å²) in [7, 11) is 0. The van der Waals surface area contributed by atoms with E-state index in [9.17, 15) is 22.0 Å². The predicted molar refractivity (Wildman–Crippen MR) is 52.7 cm³/mol. The highest BCUT2D eigenvalue weighted by molar-refractivity contribution is 5.19. The zero-order valence-electron chi connectivity index (χ0n) is 8.88. The quantitative estimate of drug-likeness (QED) is 0.760. The van der Waals surface area contributed by atoms with E-state index in [-0.39, 0.29) is 12.1 Å². The van der Waals surface area contributed by atoms with Crippen molar-refractivity contribution in [1.82, 2.24) is 9.78 Å². The van der Waals surface area contributed by atoms with E-state index >= 15 is 0 Å².